The van der Waals surface area contributed by atoms with Crippen molar-refractivity contribution < 1.29 is 31.5 Å². The molecule has 33 heavy (non-hydrogen) atoms. The maximum Gasteiger partial charge on any atom is 0.338 e. The minimum atomic E-state index is -4.24. The molecule has 1 N–H and O–H groups in total. The van der Waals surface area contributed by atoms with Crippen molar-refractivity contribution in [1.29, 1.82) is 0 Å². The number of hydrogen-bond acceptors (Lipinski definition) is 5. The molecule has 0 fully saturated rings. The van der Waals surface area contributed by atoms with Crippen molar-refractivity contribution in [2.75, 3.05) is 16.7 Å². The standard InChI is InChI=1S/C23H20F2N2O5S/c1-15(22(28)27(2)18-9-4-3-5-10-18)32-23(29)16-7-6-8-17(13-16)26-33(30,31)19-11-12-20(24)21(25)14-19/h3-15,26H,1-2H3. The fourth-order valence-electron chi connectivity index (χ4n) is 2.90. The SMILES string of the molecule is CC(OC(=O)c1cccc(NS(=O)(=O)c2ccc(F)c(F)c2)c1)C(=O)N(C)c1ccccc1. The van der Waals surface area contributed by atoms with Gasteiger partial charge in [0.15, 0.2) is 17.7 Å². The molecule has 0 aliphatic rings. The summed E-state index contributed by atoms with van der Waals surface area (Å²) in [5, 5.41) is 0. The number of nitrogens with zero attached hydrogens (tertiary/aromatic N) is 1. The van der Waals surface area contributed by atoms with E-state index in [2.05, 4.69) is 4.72 Å². The van der Waals surface area contributed by atoms with Crippen LogP contribution in [0.25, 0.3) is 0 Å². The van der Waals surface area contributed by atoms with E-state index in [9.17, 15) is 26.8 Å². The summed E-state index contributed by atoms with van der Waals surface area (Å²) in [5.74, 6) is -3.79. The number of hydrogen-bond donors (Lipinski definition) is 1. The molecule has 7 nitrogen and oxygen atoms in total. The molecule has 0 saturated carbocycles. The molecule has 0 spiro atoms. The molecule has 3 aromatic carbocycles. The number of anilines is 2. The van der Waals surface area contributed by atoms with Gasteiger partial charge in [0.1, 0.15) is 0 Å². The third-order valence-corrected chi connectivity index (χ3v) is 6.04. The van der Waals surface area contributed by atoms with Crippen molar-refractivity contribution in [2.24, 2.45) is 0 Å². The van der Waals surface area contributed by atoms with Crippen LogP contribution in [0.1, 0.15) is 17.3 Å². The van der Waals surface area contributed by atoms with Crippen LogP contribution < -0.4 is 9.62 Å². The molecule has 1 amide bonds. The second kappa shape index (κ2) is 9.78. The summed E-state index contributed by atoms with van der Waals surface area (Å²) in [6.07, 6.45) is -1.11. The summed E-state index contributed by atoms with van der Waals surface area (Å²) in [5.41, 5.74) is 0.608. The lowest BCUT2D eigenvalue weighted by molar-refractivity contribution is -0.126. The monoisotopic (exact) mass is 474 g/mol. The average molecular weight is 474 g/mol. The molecule has 0 heterocycles. The number of halogens is 2. The van der Waals surface area contributed by atoms with Gasteiger partial charge in [-0.25, -0.2) is 22.0 Å². The van der Waals surface area contributed by atoms with Gasteiger partial charge in [-0.1, -0.05) is 24.3 Å². The van der Waals surface area contributed by atoms with Crippen molar-refractivity contribution in [1.82, 2.24) is 0 Å². The number of likely N-dealkylation sites (N-methyl/N-ethyl adjacent to an activating group) is 1. The Hall–Kier alpha value is -3.79. The predicted molar refractivity (Wildman–Crippen MR) is 118 cm³/mol. The topological polar surface area (TPSA) is 92.8 Å². The van der Waals surface area contributed by atoms with Gasteiger partial charge in [0, 0.05) is 18.4 Å². The number of nitrogens with one attached hydrogen (secondary N) is 1. The fraction of sp³-hybridized carbons (Fsp3) is 0.130. The molecule has 0 aromatic heterocycles. The van der Waals surface area contributed by atoms with Gasteiger partial charge in [0.2, 0.25) is 0 Å². The molecule has 1 unspecified atom stereocenters. The van der Waals surface area contributed by atoms with Crippen LogP contribution in [-0.4, -0.2) is 33.4 Å². The van der Waals surface area contributed by atoms with Gasteiger partial charge < -0.3 is 9.64 Å². The number of amides is 1. The van der Waals surface area contributed by atoms with Gasteiger partial charge in [-0.2, -0.15) is 0 Å². The fourth-order valence-corrected chi connectivity index (χ4v) is 3.96. The highest BCUT2D eigenvalue weighted by Crippen LogP contribution is 2.20. The Labute approximate surface area is 189 Å². The van der Waals surface area contributed by atoms with Gasteiger partial charge in [0.05, 0.1) is 10.5 Å². The number of rotatable bonds is 7. The zero-order chi connectivity index (χ0) is 24.2. The largest absolute Gasteiger partial charge is 0.449 e. The molecule has 0 aliphatic heterocycles. The zero-order valence-corrected chi connectivity index (χ0v) is 18.5. The molecule has 3 rings (SSSR count). The van der Waals surface area contributed by atoms with E-state index in [0.717, 1.165) is 6.07 Å². The van der Waals surface area contributed by atoms with Crippen LogP contribution >= 0.6 is 0 Å². The van der Waals surface area contributed by atoms with Crippen molar-refractivity contribution in [3.8, 4) is 0 Å². The number of benzene rings is 3. The van der Waals surface area contributed by atoms with Gasteiger partial charge in [-0.3, -0.25) is 9.52 Å². The molecule has 10 heteroatoms. The third-order valence-electron chi connectivity index (χ3n) is 4.66. The molecule has 0 saturated heterocycles. The van der Waals surface area contributed by atoms with E-state index in [0.29, 0.717) is 17.8 Å². The minimum Gasteiger partial charge on any atom is -0.449 e. The van der Waals surface area contributed by atoms with Crippen LogP contribution in [0.3, 0.4) is 0 Å². The average Bonchev–Trinajstić information content (AvgIpc) is 2.80. The normalized spacial score (nSPS) is 12.0. The zero-order valence-electron chi connectivity index (χ0n) is 17.7. The second-order valence-electron chi connectivity index (χ2n) is 7.04. The third kappa shape index (κ3) is 5.72. The highest BCUT2D eigenvalue weighted by molar-refractivity contribution is 7.92. The predicted octanol–water partition coefficient (Wildman–Crippen LogP) is 3.97. The first-order chi connectivity index (χ1) is 15.6. The Bertz CT molecular complexity index is 1280. The van der Waals surface area contributed by atoms with E-state index in [1.54, 1.807) is 37.4 Å². The summed E-state index contributed by atoms with van der Waals surface area (Å²) in [7, 11) is -2.69. The van der Waals surface area contributed by atoms with Crippen LogP contribution in [-0.2, 0) is 19.6 Å². The second-order valence-corrected chi connectivity index (χ2v) is 8.72. The van der Waals surface area contributed by atoms with Gasteiger partial charge in [-0.05, 0) is 55.5 Å². The number of carbonyl (C=O) groups is 2. The molecule has 0 aliphatic carbocycles. The first-order valence-corrected chi connectivity index (χ1v) is 11.2. The first-order valence-electron chi connectivity index (χ1n) is 9.70. The number of carbonyl (C=O) groups excluding carboxylic acids is 2. The van der Waals surface area contributed by atoms with Gasteiger partial charge in [0.25, 0.3) is 15.9 Å². The highest BCUT2D eigenvalue weighted by atomic mass is 32.2. The van der Waals surface area contributed by atoms with E-state index < -0.39 is 44.5 Å². The summed E-state index contributed by atoms with van der Waals surface area (Å²) in [6, 6.07) is 16.3. The summed E-state index contributed by atoms with van der Waals surface area (Å²) < 4.78 is 58.9. The van der Waals surface area contributed by atoms with Crippen LogP contribution in [0.2, 0.25) is 0 Å². The van der Waals surface area contributed by atoms with Crippen molar-refractivity contribution >= 4 is 33.3 Å². The maximum atomic E-state index is 13.4. The number of para-hydroxylation sites is 1. The molecule has 1 atom stereocenters. The van der Waals surface area contributed by atoms with Crippen LogP contribution in [0.5, 0.6) is 0 Å². The molecular formula is C23H20F2N2O5S. The first kappa shape index (κ1) is 23.9. The van der Waals surface area contributed by atoms with Gasteiger partial charge in [-0.15, -0.1) is 0 Å². The number of ether oxygens (including phenoxy) is 1. The van der Waals surface area contributed by atoms with E-state index >= 15 is 0 Å². The minimum absolute atomic E-state index is 0.00503. The lowest BCUT2D eigenvalue weighted by atomic mass is 10.2. The van der Waals surface area contributed by atoms with E-state index in [4.69, 9.17) is 4.74 Å². The summed E-state index contributed by atoms with van der Waals surface area (Å²) >= 11 is 0. The van der Waals surface area contributed by atoms with E-state index in [1.807, 2.05) is 0 Å². The smallest absolute Gasteiger partial charge is 0.338 e. The number of sulfonamides is 1. The quantitative estimate of drug-likeness (QED) is 0.523. The molecule has 172 valence electrons. The molecule has 3 aromatic rings. The Balaban J connectivity index is 1.71. The van der Waals surface area contributed by atoms with Gasteiger partial charge >= 0.3 is 5.97 Å². The van der Waals surface area contributed by atoms with Crippen molar-refractivity contribution in [2.45, 2.75) is 17.9 Å². The Kier molecular flexibility index (Phi) is 7.07. The molecule has 0 bridgehead atoms. The molecular weight excluding hydrogens is 454 g/mol. The Morgan fingerprint density at radius 3 is 2.30 bits per heavy atom. The lowest BCUT2D eigenvalue weighted by Gasteiger charge is -2.21. The van der Waals surface area contributed by atoms with E-state index in [1.165, 1.54) is 36.1 Å². The summed E-state index contributed by atoms with van der Waals surface area (Å²) in [6.45, 7) is 1.43. The highest BCUT2D eigenvalue weighted by Gasteiger charge is 2.24. The van der Waals surface area contributed by atoms with Crippen molar-refractivity contribution in [3.05, 3.63) is 90.0 Å². The Morgan fingerprint density at radius 1 is 0.939 bits per heavy atom. The Morgan fingerprint density at radius 2 is 1.64 bits per heavy atom. The number of esters is 1. The van der Waals surface area contributed by atoms with Crippen LogP contribution in [0.15, 0.2) is 77.7 Å². The van der Waals surface area contributed by atoms with Crippen LogP contribution in [0.4, 0.5) is 20.2 Å². The summed E-state index contributed by atoms with van der Waals surface area (Å²) in [4.78, 5) is 26.0. The van der Waals surface area contributed by atoms with Crippen molar-refractivity contribution in [3.63, 3.8) is 0 Å². The molecule has 0 radical (unpaired) electrons. The van der Waals surface area contributed by atoms with E-state index in [-0.39, 0.29) is 11.3 Å². The van der Waals surface area contributed by atoms with Crippen LogP contribution in [0, 0.1) is 11.6 Å². The lowest BCUT2D eigenvalue weighted by Crippen LogP contribution is -2.37. The maximum absolute atomic E-state index is 13.4.